The van der Waals surface area contributed by atoms with Gasteiger partial charge in [0.1, 0.15) is 6.04 Å². The molecule has 0 bridgehead atoms. The highest BCUT2D eigenvalue weighted by Gasteiger charge is 2.33. The number of nitrogens with zero attached hydrogens (tertiary/aromatic N) is 2. The van der Waals surface area contributed by atoms with Gasteiger partial charge < -0.3 is 10.0 Å². The van der Waals surface area contributed by atoms with Crippen LogP contribution in [0.25, 0.3) is 0 Å². The van der Waals surface area contributed by atoms with E-state index in [9.17, 15) is 4.79 Å². The zero-order chi connectivity index (χ0) is 9.30. The van der Waals surface area contributed by atoms with Gasteiger partial charge in [-0.2, -0.15) is 0 Å². The Bertz CT molecular complexity index is 184. The molecule has 1 heterocycles. The van der Waals surface area contributed by atoms with E-state index < -0.39 is 0 Å². The van der Waals surface area contributed by atoms with E-state index in [1.54, 1.807) is 11.9 Å². The second-order valence-electron chi connectivity index (χ2n) is 3.44. The topological polar surface area (TPSA) is 43.8 Å². The summed E-state index contributed by atoms with van der Waals surface area (Å²) in [7, 11) is 3.64. The molecule has 1 saturated heterocycles. The molecule has 1 amide bonds. The Morgan fingerprint density at radius 1 is 1.58 bits per heavy atom. The summed E-state index contributed by atoms with van der Waals surface area (Å²) in [6.45, 7) is 2.74. The fourth-order valence-electron chi connectivity index (χ4n) is 1.52. The minimum absolute atomic E-state index is 0.0127. The zero-order valence-corrected chi connectivity index (χ0v) is 7.82. The van der Waals surface area contributed by atoms with Crippen LogP contribution in [0, 0.1) is 0 Å². The van der Waals surface area contributed by atoms with Crippen LogP contribution in [0.2, 0.25) is 0 Å². The van der Waals surface area contributed by atoms with Crippen LogP contribution in [0.4, 0.5) is 0 Å². The molecule has 0 spiro atoms. The SMILES string of the molecule is CC1CN(C)C(CO)C(=O)N1C. The number of piperazine rings is 1. The average Bonchev–Trinajstić information content (AvgIpc) is 2.01. The molecule has 1 N–H and O–H groups in total. The van der Waals surface area contributed by atoms with Gasteiger partial charge >= 0.3 is 0 Å². The van der Waals surface area contributed by atoms with Crippen molar-refractivity contribution in [1.29, 1.82) is 0 Å². The third-order valence-corrected chi connectivity index (χ3v) is 2.55. The standard InChI is InChI=1S/C8H16N2O2/c1-6-4-9(2)7(5-11)8(12)10(6)3/h6-7,11H,4-5H2,1-3H3. The summed E-state index contributed by atoms with van der Waals surface area (Å²) in [5.74, 6) is 0.0127. The van der Waals surface area contributed by atoms with Crippen LogP contribution in [0.1, 0.15) is 6.92 Å². The molecule has 0 aromatic heterocycles. The normalized spacial score (nSPS) is 32.7. The first-order valence-electron chi connectivity index (χ1n) is 4.15. The molecule has 1 aliphatic rings. The van der Waals surface area contributed by atoms with Crippen LogP contribution in [-0.4, -0.2) is 60.1 Å². The van der Waals surface area contributed by atoms with E-state index in [2.05, 4.69) is 0 Å². The molecule has 1 fully saturated rings. The largest absolute Gasteiger partial charge is 0.394 e. The molecule has 1 aliphatic heterocycles. The highest BCUT2D eigenvalue weighted by molar-refractivity contribution is 5.82. The van der Waals surface area contributed by atoms with Crippen molar-refractivity contribution < 1.29 is 9.90 Å². The van der Waals surface area contributed by atoms with E-state index in [-0.39, 0.29) is 24.6 Å². The van der Waals surface area contributed by atoms with E-state index in [0.717, 1.165) is 6.54 Å². The van der Waals surface area contributed by atoms with E-state index >= 15 is 0 Å². The number of amides is 1. The summed E-state index contributed by atoms with van der Waals surface area (Å²) < 4.78 is 0. The third kappa shape index (κ3) is 1.44. The van der Waals surface area contributed by atoms with Crippen molar-refractivity contribution in [1.82, 2.24) is 9.80 Å². The number of rotatable bonds is 1. The summed E-state index contributed by atoms with van der Waals surface area (Å²) >= 11 is 0. The van der Waals surface area contributed by atoms with Crippen molar-refractivity contribution >= 4 is 5.91 Å². The summed E-state index contributed by atoms with van der Waals surface area (Å²) in [6, 6.07) is -0.100. The maximum atomic E-state index is 11.5. The third-order valence-electron chi connectivity index (χ3n) is 2.55. The molecular weight excluding hydrogens is 156 g/mol. The fourth-order valence-corrected chi connectivity index (χ4v) is 1.52. The quantitative estimate of drug-likeness (QED) is 0.559. The van der Waals surface area contributed by atoms with Gasteiger partial charge in [-0.3, -0.25) is 9.69 Å². The lowest BCUT2D eigenvalue weighted by molar-refractivity contribution is -0.144. The molecule has 4 heteroatoms. The molecule has 12 heavy (non-hydrogen) atoms. The Kier molecular flexibility index (Phi) is 2.69. The molecule has 0 aromatic rings. The molecule has 1 rings (SSSR count). The molecule has 0 aromatic carbocycles. The van der Waals surface area contributed by atoms with Crippen molar-refractivity contribution in [3.05, 3.63) is 0 Å². The maximum absolute atomic E-state index is 11.5. The molecular formula is C8H16N2O2. The van der Waals surface area contributed by atoms with Gasteiger partial charge in [0.2, 0.25) is 5.91 Å². The van der Waals surface area contributed by atoms with Gasteiger partial charge in [0.15, 0.2) is 0 Å². The van der Waals surface area contributed by atoms with Crippen LogP contribution < -0.4 is 0 Å². The highest BCUT2D eigenvalue weighted by Crippen LogP contribution is 2.12. The van der Waals surface area contributed by atoms with Crippen LogP contribution in [0.15, 0.2) is 0 Å². The van der Waals surface area contributed by atoms with Crippen LogP contribution in [-0.2, 0) is 4.79 Å². The molecule has 4 nitrogen and oxygen atoms in total. The monoisotopic (exact) mass is 172 g/mol. The van der Waals surface area contributed by atoms with E-state index in [4.69, 9.17) is 5.11 Å². The van der Waals surface area contributed by atoms with Crippen LogP contribution in [0.5, 0.6) is 0 Å². The fraction of sp³-hybridized carbons (Fsp3) is 0.875. The van der Waals surface area contributed by atoms with E-state index in [1.807, 2.05) is 18.9 Å². The molecule has 0 aliphatic carbocycles. The van der Waals surface area contributed by atoms with Gasteiger partial charge in [-0.05, 0) is 14.0 Å². The van der Waals surface area contributed by atoms with E-state index in [1.165, 1.54) is 0 Å². The Balaban J connectivity index is 2.72. The van der Waals surface area contributed by atoms with Crippen molar-refractivity contribution in [2.45, 2.75) is 19.0 Å². The van der Waals surface area contributed by atoms with Gasteiger partial charge in [-0.1, -0.05) is 0 Å². The van der Waals surface area contributed by atoms with Crippen molar-refractivity contribution in [2.75, 3.05) is 27.2 Å². The second kappa shape index (κ2) is 3.41. The minimum atomic E-state index is -0.341. The molecule has 0 radical (unpaired) electrons. The number of aliphatic hydroxyl groups is 1. The van der Waals surface area contributed by atoms with Gasteiger partial charge in [0.05, 0.1) is 6.61 Å². The zero-order valence-electron chi connectivity index (χ0n) is 7.82. The first-order chi connectivity index (χ1) is 5.57. The summed E-state index contributed by atoms with van der Waals surface area (Å²) in [5, 5.41) is 8.95. The number of hydrogen-bond acceptors (Lipinski definition) is 3. The average molecular weight is 172 g/mol. The minimum Gasteiger partial charge on any atom is -0.394 e. The lowest BCUT2D eigenvalue weighted by atomic mass is 10.1. The predicted octanol–water partition coefficient (Wildman–Crippen LogP) is -0.860. The number of likely N-dealkylation sites (N-methyl/N-ethyl adjacent to an activating group) is 2. The Morgan fingerprint density at radius 3 is 2.67 bits per heavy atom. The van der Waals surface area contributed by atoms with Gasteiger partial charge in [-0.15, -0.1) is 0 Å². The molecule has 2 atom stereocenters. The number of carbonyl (C=O) groups is 1. The Hall–Kier alpha value is -0.610. The second-order valence-corrected chi connectivity index (χ2v) is 3.44. The number of carbonyl (C=O) groups excluding carboxylic acids is 1. The smallest absolute Gasteiger partial charge is 0.242 e. The summed E-state index contributed by atoms with van der Waals surface area (Å²) in [5.41, 5.74) is 0. The van der Waals surface area contributed by atoms with Crippen molar-refractivity contribution in [3.63, 3.8) is 0 Å². The lowest BCUT2D eigenvalue weighted by Crippen LogP contribution is -2.59. The molecule has 70 valence electrons. The Morgan fingerprint density at radius 2 is 2.17 bits per heavy atom. The lowest BCUT2D eigenvalue weighted by Gasteiger charge is -2.40. The maximum Gasteiger partial charge on any atom is 0.242 e. The highest BCUT2D eigenvalue weighted by atomic mass is 16.3. The van der Waals surface area contributed by atoms with Crippen molar-refractivity contribution in [2.24, 2.45) is 0 Å². The van der Waals surface area contributed by atoms with E-state index in [0.29, 0.717) is 0 Å². The first-order valence-corrected chi connectivity index (χ1v) is 4.15. The Labute approximate surface area is 72.8 Å². The first kappa shape index (κ1) is 9.48. The number of aliphatic hydroxyl groups excluding tert-OH is 1. The summed E-state index contributed by atoms with van der Waals surface area (Å²) in [4.78, 5) is 15.1. The van der Waals surface area contributed by atoms with Crippen LogP contribution in [0.3, 0.4) is 0 Å². The van der Waals surface area contributed by atoms with Gasteiger partial charge in [-0.25, -0.2) is 0 Å². The predicted molar refractivity (Wildman–Crippen MR) is 45.7 cm³/mol. The number of hydrogen-bond donors (Lipinski definition) is 1. The molecule has 0 saturated carbocycles. The van der Waals surface area contributed by atoms with Gasteiger partial charge in [0.25, 0.3) is 0 Å². The van der Waals surface area contributed by atoms with Crippen molar-refractivity contribution in [3.8, 4) is 0 Å². The summed E-state index contributed by atoms with van der Waals surface area (Å²) in [6.07, 6.45) is 0. The van der Waals surface area contributed by atoms with Crippen LogP contribution >= 0.6 is 0 Å². The molecule has 2 unspecified atom stereocenters. The van der Waals surface area contributed by atoms with Gasteiger partial charge in [0, 0.05) is 19.6 Å².